The molecule has 0 saturated carbocycles. The third kappa shape index (κ3) is 3.28. The molecule has 0 spiro atoms. The molecule has 1 amide bonds. The molecule has 1 atom stereocenters. The standard InChI is InChI=1S/C16H21N3O4/c1-9(2)16(3,8-13(20)21)18-14(22)10-5-6-11-12(7-10)19(4)15(23)17-11/h5-7,9H,8H2,1-4H3,(H,17,23)(H,18,22)(H,20,21). The Bertz CT molecular complexity index is 818. The number of hydrogen-bond donors (Lipinski definition) is 3. The number of carboxylic acids is 1. The van der Waals surface area contributed by atoms with Gasteiger partial charge in [-0.25, -0.2) is 4.79 Å². The smallest absolute Gasteiger partial charge is 0.326 e. The molecule has 0 fully saturated rings. The van der Waals surface area contributed by atoms with E-state index in [9.17, 15) is 14.4 Å². The van der Waals surface area contributed by atoms with Crippen LogP contribution in [0.2, 0.25) is 0 Å². The number of nitrogens with zero attached hydrogens (tertiary/aromatic N) is 1. The first kappa shape index (κ1) is 16.8. The Kier molecular flexibility index (Phi) is 4.31. The number of nitrogens with one attached hydrogen (secondary N) is 2. The summed E-state index contributed by atoms with van der Waals surface area (Å²) in [6, 6.07) is 4.88. The van der Waals surface area contributed by atoms with Crippen LogP contribution in [0.15, 0.2) is 23.0 Å². The van der Waals surface area contributed by atoms with Crippen molar-refractivity contribution in [3.05, 3.63) is 34.2 Å². The first-order valence-electron chi connectivity index (χ1n) is 7.37. The number of aromatic amines is 1. The molecule has 7 nitrogen and oxygen atoms in total. The third-order valence-corrected chi connectivity index (χ3v) is 4.36. The molecule has 0 aliphatic rings. The number of carbonyl (C=O) groups excluding carboxylic acids is 1. The number of aliphatic carboxylic acids is 1. The Morgan fingerprint density at radius 3 is 2.61 bits per heavy atom. The minimum absolute atomic E-state index is 0.0529. The van der Waals surface area contributed by atoms with Crippen molar-refractivity contribution in [2.45, 2.75) is 32.7 Å². The molecular weight excluding hydrogens is 298 g/mol. The van der Waals surface area contributed by atoms with Gasteiger partial charge in [0.25, 0.3) is 5.91 Å². The molecule has 0 aliphatic heterocycles. The zero-order valence-electron chi connectivity index (χ0n) is 13.6. The number of aryl methyl sites for hydroxylation is 1. The monoisotopic (exact) mass is 319 g/mol. The van der Waals surface area contributed by atoms with Crippen molar-refractivity contribution >= 4 is 22.9 Å². The minimum atomic E-state index is -0.968. The van der Waals surface area contributed by atoms with Gasteiger partial charge in [-0.15, -0.1) is 0 Å². The van der Waals surface area contributed by atoms with Gasteiger partial charge < -0.3 is 15.4 Å². The molecule has 0 bridgehead atoms. The third-order valence-electron chi connectivity index (χ3n) is 4.36. The lowest BCUT2D eigenvalue weighted by atomic mass is 9.85. The number of H-pyrrole nitrogens is 1. The summed E-state index contributed by atoms with van der Waals surface area (Å²) < 4.78 is 1.42. The lowest BCUT2D eigenvalue weighted by molar-refractivity contribution is -0.138. The Morgan fingerprint density at radius 1 is 1.39 bits per heavy atom. The molecule has 0 saturated heterocycles. The van der Waals surface area contributed by atoms with E-state index in [0.29, 0.717) is 16.6 Å². The molecule has 3 N–H and O–H groups in total. The summed E-state index contributed by atoms with van der Waals surface area (Å²) in [6.45, 7) is 5.44. The largest absolute Gasteiger partial charge is 0.481 e. The number of rotatable bonds is 5. The van der Waals surface area contributed by atoms with Crippen LogP contribution in [0.1, 0.15) is 37.6 Å². The molecule has 1 unspecified atom stereocenters. The van der Waals surface area contributed by atoms with Crippen LogP contribution in [0.4, 0.5) is 0 Å². The number of aromatic nitrogens is 2. The van der Waals surface area contributed by atoms with Crippen LogP contribution in [0.3, 0.4) is 0 Å². The molecule has 2 aromatic rings. The maximum Gasteiger partial charge on any atom is 0.326 e. The summed E-state index contributed by atoms with van der Waals surface area (Å²) >= 11 is 0. The Labute approximate surface area is 133 Å². The normalized spacial score (nSPS) is 14.0. The Morgan fingerprint density at radius 2 is 2.04 bits per heavy atom. The number of hydrogen-bond acceptors (Lipinski definition) is 3. The molecule has 7 heteroatoms. The van der Waals surface area contributed by atoms with E-state index in [0.717, 1.165) is 0 Å². The highest BCUT2D eigenvalue weighted by molar-refractivity contribution is 5.98. The fraction of sp³-hybridized carbons (Fsp3) is 0.438. The second kappa shape index (κ2) is 5.91. The van der Waals surface area contributed by atoms with Crippen LogP contribution in [0, 0.1) is 5.92 Å². The highest BCUT2D eigenvalue weighted by Crippen LogP contribution is 2.22. The van der Waals surface area contributed by atoms with Crippen molar-refractivity contribution in [2.24, 2.45) is 13.0 Å². The van der Waals surface area contributed by atoms with E-state index in [1.54, 1.807) is 32.2 Å². The lowest BCUT2D eigenvalue weighted by Crippen LogP contribution is -2.51. The molecule has 1 aromatic heterocycles. The number of amides is 1. The van der Waals surface area contributed by atoms with Crippen LogP contribution in [0.5, 0.6) is 0 Å². The van der Waals surface area contributed by atoms with Crippen molar-refractivity contribution in [1.82, 2.24) is 14.9 Å². The molecule has 23 heavy (non-hydrogen) atoms. The topological polar surface area (TPSA) is 104 Å². The second-order valence-electron chi connectivity index (χ2n) is 6.32. The van der Waals surface area contributed by atoms with Gasteiger partial charge in [0.2, 0.25) is 0 Å². The molecule has 2 rings (SSSR count). The van der Waals surface area contributed by atoms with Crippen LogP contribution in [0.25, 0.3) is 11.0 Å². The number of imidazole rings is 1. The summed E-state index contributed by atoms with van der Waals surface area (Å²) in [5.41, 5.74) is 0.528. The maximum atomic E-state index is 12.5. The summed E-state index contributed by atoms with van der Waals surface area (Å²) in [7, 11) is 1.62. The van der Waals surface area contributed by atoms with E-state index in [1.807, 2.05) is 13.8 Å². The van der Waals surface area contributed by atoms with Gasteiger partial charge in [-0.05, 0) is 31.0 Å². The maximum absolute atomic E-state index is 12.5. The van der Waals surface area contributed by atoms with E-state index >= 15 is 0 Å². The minimum Gasteiger partial charge on any atom is -0.481 e. The van der Waals surface area contributed by atoms with Gasteiger partial charge >= 0.3 is 11.7 Å². The van der Waals surface area contributed by atoms with Crippen LogP contribution < -0.4 is 11.0 Å². The van der Waals surface area contributed by atoms with Crippen LogP contribution in [-0.4, -0.2) is 32.1 Å². The number of fused-ring (bicyclic) bond motifs is 1. The van der Waals surface area contributed by atoms with Gasteiger partial charge in [0.05, 0.1) is 23.0 Å². The number of benzene rings is 1. The predicted molar refractivity (Wildman–Crippen MR) is 86.5 cm³/mol. The van der Waals surface area contributed by atoms with E-state index in [2.05, 4.69) is 10.3 Å². The predicted octanol–water partition coefficient (Wildman–Crippen LogP) is 1.49. The van der Waals surface area contributed by atoms with Gasteiger partial charge in [0.15, 0.2) is 0 Å². The summed E-state index contributed by atoms with van der Waals surface area (Å²) in [5, 5.41) is 11.9. The lowest BCUT2D eigenvalue weighted by Gasteiger charge is -2.33. The number of carboxylic acid groups (broad SMARTS) is 1. The Hall–Kier alpha value is -2.57. The van der Waals surface area contributed by atoms with E-state index in [1.165, 1.54) is 4.57 Å². The molecule has 1 aromatic carbocycles. The Balaban J connectivity index is 2.34. The molecular formula is C16H21N3O4. The summed E-state index contributed by atoms with van der Waals surface area (Å²) in [6.07, 6.45) is -0.165. The van der Waals surface area contributed by atoms with Gasteiger partial charge in [-0.2, -0.15) is 0 Å². The highest BCUT2D eigenvalue weighted by atomic mass is 16.4. The number of carbonyl (C=O) groups is 2. The van der Waals surface area contributed by atoms with Gasteiger partial charge in [-0.1, -0.05) is 13.8 Å². The first-order valence-corrected chi connectivity index (χ1v) is 7.37. The molecule has 124 valence electrons. The SMILES string of the molecule is CC(C)C(C)(CC(=O)O)NC(=O)c1ccc2[nH]c(=O)n(C)c2c1. The van der Waals surface area contributed by atoms with Crippen molar-refractivity contribution < 1.29 is 14.7 Å². The van der Waals surface area contributed by atoms with E-state index in [-0.39, 0.29) is 23.9 Å². The van der Waals surface area contributed by atoms with Crippen LogP contribution >= 0.6 is 0 Å². The van der Waals surface area contributed by atoms with E-state index < -0.39 is 11.5 Å². The van der Waals surface area contributed by atoms with Crippen molar-refractivity contribution in [3.8, 4) is 0 Å². The van der Waals surface area contributed by atoms with Crippen molar-refractivity contribution in [3.63, 3.8) is 0 Å². The first-order chi connectivity index (χ1) is 10.6. The van der Waals surface area contributed by atoms with Gasteiger partial charge in [-0.3, -0.25) is 14.2 Å². The fourth-order valence-electron chi connectivity index (χ4n) is 2.40. The molecule has 0 aliphatic carbocycles. The van der Waals surface area contributed by atoms with Gasteiger partial charge in [0.1, 0.15) is 0 Å². The van der Waals surface area contributed by atoms with Crippen molar-refractivity contribution in [1.29, 1.82) is 0 Å². The van der Waals surface area contributed by atoms with Crippen LogP contribution in [-0.2, 0) is 11.8 Å². The van der Waals surface area contributed by atoms with Gasteiger partial charge in [0, 0.05) is 12.6 Å². The molecule has 1 heterocycles. The fourth-order valence-corrected chi connectivity index (χ4v) is 2.40. The van der Waals surface area contributed by atoms with E-state index in [4.69, 9.17) is 5.11 Å². The highest BCUT2D eigenvalue weighted by Gasteiger charge is 2.33. The zero-order chi connectivity index (χ0) is 17.4. The van der Waals surface area contributed by atoms with Crippen molar-refractivity contribution in [2.75, 3.05) is 0 Å². The molecule has 0 radical (unpaired) electrons. The second-order valence-corrected chi connectivity index (χ2v) is 6.32. The zero-order valence-corrected chi connectivity index (χ0v) is 13.6. The quantitative estimate of drug-likeness (QED) is 0.776. The summed E-state index contributed by atoms with van der Waals surface area (Å²) in [4.78, 5) is 37.9. The average molecular weight is 319 g/mol. The summed E-state index contributed by atoms with van der Waals surface area (Å²) in [5.74, 6) is -1.38. The average Bonchev–Trinajstić information content (AvgIpc) is 2.72.